The van der Waals surface area contributed by atoms with Gasteiger partial charge in [0.25, 0.3) is 0 Å². The van der Waals surface area contributed by atoms with Crippen molar-refractivity contribution in [2.75, 3.05) is 33.4 Å². The van der Waals surface area contributed by atoms with Crippen molar-refractivity contribution in [2.45, 2.75) is 19.8 Å². The van der Waals surface area contributed by atoms with E-state index in [0.717, 1.165) is 50.7 Å². The Morgan fingerprint density at radius 1 is 1.14 bits per heavy atom. The van der Waals surface area contributed by atoms with E-state index in [0.29, 0.717) is 10.0 Å². The van der Waals surface area contributed by atoms with E-state index in [2.05, 4.69) is 15.6 Å². The number of ether oxygens (including phenoxy) is 1. The number of aliphatic imine (C=N–C) groups is 1. The molecule has 0 fully saturated rings. The van der Waals surface area contributed by atoms with Gasteiger partial charge in [0.15, 0.2) is 5.96 Å². The van der Waals surface area contributed by atoms with E-state index in [1.165, 1.54) is 0 Å². The molecule has 0 aromatic heterocycles. The number of rotatable bonds is 8. The molecule has 0 aliphatic rings. The second kappa shape index (κ2) is 13.2. The van der Waals surface area contributed by atoms with Gasteiger partial charge in [0.05, 0.1) is 0 Å². The molecule has 0 saturated carbocycles. The zero-order chi connectivity index (χ0) is 15.5. The van der Waals surface area contributed by atoms with Crippen molar-refractivity contribution in [3.05, 3.63) is 33.8 Å². The molecule has 2 N–H and O–H groups in total. The molecule has 0 bridgehead atoms. The summed E-state index contributed by atoms with van der Waals surface area (Å²) in [4.78, 5) is 4.17. The second-order valence-electron chi connectivity index (χ2n) is 4.50. The van der Waals surface area contributed by atoms with Crippen LogP contribution in [0.25, 0.3) is 0 Å². The molecule has 0 heterocycles. The number of nitrogens with zero attached hydrogens (tertiary/aromatic N) is 1. The van der Waals surface area contributed by atoms with Gasteiger partial charge >= 0.3 is 0 Å². The molecule has 0 aliphatic heterocycles. The maximum atomic E-state index is 5.98. The zero-order valence-electron chi connectivity index (χ0n) is 13.0. The maximum absolute atomic E-state index is 5.98. The van der Waals surface area contributed by atoms with Gasteiger partial charge in [-0.1, -0.05) is 23.2 Å². The zero-order valence-corrected chi connectivity index (χ0v) is 16.8. The summed E-state index contributed by atoms with van der Waals surface area (Å²) in [6.07, 6.45) is 1.79. The largest absolute Gasteiger partial charge is 0.382 e. The molecule has 7 heteroatoms. The van der Waals surface area contributed by atoms with Gasteiger partial charge in [-0.25, -0.2) is 0 Å². The van der Waals surface area contributed by atoms with Gasteiger partial charge in [0.2, 0.25) is 0 Å². The summed E-state index contributed by atoms with van der Waals surface area (Å²) >= 11 is 12.0. The van der Waals surface area contributed by atoms with Crippen LogP contribution < -0.4 is 10.6 Å². The fourth-order valence-electron chi connectivity index (χ4n) is 1.83. The van der Waals surface area contributed by atoms with Crippen LogP contribution in [-0.4, -0.2) is 39.3 Å². The third kappa shape index (κ3) is 9.71. The second-order valence-corrected chi connectivity index (χ2v) is 5.38. The quantitative estimate of drug-likeness (QED) is 0.269. The first kappa shape index (κ1) is 21.8. The average molecular weight is 460 g/mol. The molecule has 0 spiro atoms. The number of hydrogen-bond acceptors (Lipinski definition) is 2. The third-order valence-electron chi connectivity index (χ3n) is 2.81. The normalized spacial score (nSPS) is 11.0. The van der Waals surface area contributed by atoms with E-state index in [9.17, 15) is 0 Å². The molecule has 0 unspecified atom stereocenters. The smallest absolute Gasteiger partial charge is 0.190 e. The highest BCUT2D eigenvalue weighted by Crippen LogP contribution is 2.19. The standard InChI is InChI=1S/C15H23Cl2N3O.HI/c1-3-21-8-4-6-19-15(18-2)20-7-5-12-9-13(16)11-14(17)10-12;/h9-11H,3-8H2,1-2H3,(H2,18,19,20);1H. The molecule has 4 nitrogen and oxygen atoms in total. The third-order valence-corrected chi connectivity index (χ3v) is 3.25. The lowest BCUT2D eigenvalue weighted by molar-refractivity contribution is 0.145. The van der Waals surface area contributed by atoms with E-state index in [1.54, 1.807) is 13.1 Å². The van der Waals surface area contributed by atoms with Crippen LogP contribution in [0, 0.1) is 0 Å². The van der Waals surface area contributed by atoms with Crippen LogP contribution >= 0.6 is 47.2 Å². The van der Waals surface area contributed by atoms with Gasteiger partial charge in [-0.05, 0) is 43.5 Å². The Balaban J connectivity index is 0.00000441. The molecule has 1 rings (SSSR count). The Labute approximate surface area is 160 Å². The van der Waals surface area contributed by atoms with E-state index in [-0.39, 0.29) is 24.0 Å². The van der Waals surface area contributed by atoms with Gasteiger partial charge in [-0.3, -0.25) is 4.99 Å². The van der Waals surface area contributed by atoms with Crippen LogP contribution in [-0.2, 0) is 11.2 Å². The number of guanidine groups is 1. The van der Waals surface area contributed by atoms with Crippen molar-refractivity contribution >= 4 is 53.1 Å². The molecule has 0 radical (unpaired) electrons. The summed E-state index contributed by atoms with van der Waals surface area (Å²) in [5.41, 5.74) is 1.10. The Morgan fingerprint density at radius 2 is 1.77 bits per heavy atom. The lowest BCUT2D eigenvalue weighted by Gasteiger charge is -2.12. The van der Waals surface area contributed by atoms with Crippen molar-refractivity contribution in [1.29, 1.82) is 0 Å². The number of benzene rings is 1. The monoisotopic (exact) mass is 459 g/mol. The first-order valence-electron chi connectivity index (χ1n) is 7.13. The van der Waals surface area contributed by atoms with E-state index >= 15 is 0 Å². The van der Waals surface area contributed by atoms with Crippen molar-refractivity contribution in [2.24, 2.45) is 4.99 Å². The van der Waals surface area contributed by atoms with E-state index in [1.807, 2.05) is 19.1 Å². The van der Waals surface area contributed by atoms with Crippen LogP contribution in [0.1, 0.15) is 18.9 Å². The molecular formula is C15H24Cl2IN3O. The Bertz CT molecular complexity index is 438. The first-order valence-corrected chi connectivity index (χ1v) is 7.88. The first-order chi connectivity index (χ1) is 10.2. The number of halogens is 3. The number of hydrogen-bond donors (Lipinski definition) is 2. The molecule has 0 saturated heterocycles. The molecule has 0 amide bonds. The topological polar surface area (TPSA) is 45.6 Å². The summed E-state index contributed by atoms with van der Waals surface area (Å²) in [7, 11) is 1.76. The van der Waals surface area contributed by atoms with Crippen molar-refractivity contribution in [3.63, 3.8) is 0 Å². The molecule has 1 aromatic carbocycles. The average Bonchev–Trinajstić information content (AvgIpc) is 2.44. The van der Waals surface area contributed by atoms with Crippen molar-refractivity contribution in [1.82, 2.24) is 10.6 Å². The highest BCUT2D eigenvalue weighted by Gasteiger charge is 2.00. The number of nitrogens with one attached hydrogen (secondary N) is 2. The van der Waals surface area contributed by atoms with Gasteiger partial charge in [0.1, 0.15) is 0 Å². The van der Waals surface area contributed by atoms with Crippen molar-refractivity contribution in [3.8, 4) is 0 Å². The fraction of sp³-hybridized carbons (Fsp3) is 0.533. The lowest BCUT2D eigenvalue weighted by Crippen LogP contribution is -2.39. The Kier molecular flexibility index (Phi) is 13.1. The van der Waals surface area contributed by atoms with Crippen LogP contribution in [0.2, 0.25) is 10.0 Å². The molecule has 0 aliphatic carbocycles. The summed E-state index contributed by atoms with van der Waals surface area (Å²) in [5, 5.41) is 7.83. The lowest BCUT2D eigenvalue weighted by atomic mass is 10.1. The van der Waals surface area contributed by atoms with Crippen LogP contribution in [0.5, 0.6) is 0 Å². The van der Waals surface area contributed by atoms with Gasteiger partial charge in [0, 0.05) is 43.4 Å². The minimum absolute atomic E-state index is 0. The van der Waals surface area contributed by atoms with Gasteiger partial charge < -0.3 is 15.4 Å². The highest BCUT2D eigenvalue weighted by molar-refractivity contribution is 14.0. The summed E-state index contributed by atoms with van der Waals surface area (Å²) in [5.74, 6) is 0.791. The van der Waals surface area contributed by atoms with E-state index in [4.69, 9.17) is 27.9 Å². The van der Waals surface area contributed by atoms with Crippen LogP contribution in [0.3, 0.4) is 0 Å². The summed E-state index contributed by atoms with van der Waals surface area (Å²) < 4.78 is 5.29. The van der Waals surface area contributed by atoms with Gasteiger partial charge in [-0.15, -0.1) is 24.0 Å². The van der Waals surface area contributed by atoms with Crippen LogP contribution in [0.4, 0.5) is 0 Å². The summed E-state index contributed by atoms with van der Waals surface area (Å²) in [6, 6.07) is 5.58. The molecule has 0 atom stereocenters. The predicted molar refractivity (Wildman–Crippen MR) is 106 cm³/mol. The molecule has 1 aromatic rings. The van der Waals surface area contributed by atoms with E-state index < -0.39 is 0 Å². The molecular weight excluding hydrogens is 436 g/mol. The molecule has 126 valence electrons. The predicted octanol–water partition coefficient (Wildman–Crippen LogP) is 3.75. The van der Waals surface area contributed by atoms with Gasteiger partial charge in [-0.2, -0.15) is 0 Å². The van der Waals surface area contributed by atoms with Crippen LogP contribution in [0.15, 0.2) is 23.2 Å². The molecule has 22 heavy (non-hydrogen) atoms. The van der Waals surface area contributed by atoms with Crippen molar-refractivity contribution < 1.29 is 4.74 Å². The SMILES string of the molecule is CCOCCCNC(=NC)NCCc1cc(Cl)cc(Cl)c1.I. The highest BCUT2D eigenvalue weighted by atomic mass is 127. The summed E-state index contributed by atoms with van der Waals surface area (Å²) in [6.45, 7) is 5.12. The Hall–Kier alpha value is -0.240. The maximum Gasteiger partial charge on any atom is 0.190 e. The minimum Gasteiger partial charge on any atom is -0.382 e. The Morgan fingerprint density at radius 3 is 2.36 bits per heavy atom. The minimum atomic E-state index is 0. The fourth-order valence-corrected chi connectivity index (χ4v) is 2.40.